The lowest BCUT2D eigenvalue weighted by molar-refractivity contribution is -0.220. The molecule has 64 heavy (non-hydrogen) atoms. The van der Waals surface area contributed by atoms with Crippen molar-refractivity contribution in [2.75, 3.05) is 19.8 Å². The number of unbranched alkanes of at least 4 members (excludes halogenated alkanes) is 17. The molecule has 6 unspecified atom stereocenters. The Morgan fingerprint density at radius 2 is 0.922 bits per heavy atom. The van der Waals surface area contributed by atoms with Gasteiger partial charge in [-0.05, 0) is 64.2 Å². The van der Waals surface area contributed by atoms with Gasteiger partial charge in [-0.3, -0.25) is 13.8 Å². The maximum Gasteiger partial charge on any atom is 0.472 e. The molecule has 0 heterocycles. The normalized spacial score (nSPS) is 22.3. The average Bonchev–Trinajstić information content (AvgIpc) is 3.28. The van der Waals surface area contributed by atoms with Gasteiger partial charge in [0.05, 0.1) is 13.2 Å². The molecule has 0 amide bonds. The quantitative estimate of drug-likeness (QED) is 0.0147. The van der Waals surface area contributed by atoms with Crippen LogP contribution < -0.4 is 0 Å². The van der Waals surface area contributed by atoms with Gasteiger partial charge in [-0.2, -0.15) is 0 Å². The largest absolute Gasteiger partial charge is 0.472 e. The van der Waals surface area contributed by atoms with E-state index in [2.05, 4.69) is 86.8 Å². The standard InChI is InChI=1S/C51H89O12P/c1-3-5-7-9-11-13-15-17-19-21-22-23-24-25-26-28-30-32-34-36-38-40-45(52)62-44(43-61-64(58,59)63-51-49(56)47(54)46(53)48(55)50(51)57)42-60-41-39-37-35-33-31-29-27-20-18-16-14-12-10-8-6-4-2/h5,7,11,13,17,19,22-23,25-26,30,32,44,46-51,53-57H,3-4,6,8-10,12,14-16,18,20-21,24,27-29,31,33-43H2,1-2H3,(H,58,59)/b7-5-,13-11-,19-17-,23-22-,26-25-,32-30-. The van der Waals surface area contributed by atoms with Gasteiger partial charge < -0.3 is 39.9 Å². The molecule has 0 saturated heterocycles. The van der Waals surface area contributed by atoms with E-state index in [1.165, 1.54) is 83.5 Å². The summed E-state index contributed by atoms with van der Waals surface area (Å²) in [6.45, 7) is 4.11. The zero-order chi connectivity index (χ0) is 46.9. The van der Waals surface area contributed by atoms with Crippen LogP contribution in [-0.4, -0.2) is 98.9 Å². The van der Waals surface area contributed by atoms with Crippen molar-refractivity contribution in [3.05, 3.63) is 72.9 Å². The fourth-order valence-corrected chi connectivity index (χ4v) is 8.15. The predicted molar refractivity (Wildman–Crippen MR) is 258 cm³/mol. The molecule has 12 nitrogen and oxygen atoms in total. The molecule has 0 bridgehead atoms. The molecule has 0 aliphatic heterocycles. The van der Waals surface area contributed by atoms with Crippen LogP contribution in [0.3, 0.4) is 0 Å². The number of allylic oxidation sites excluding steroid dienone is 12. The molecule has 13 heteroatoms. The van der Waals surface area contributed by atoms with E-state index < -0.39 is 63.1 Å². The predicted octanol–water partition coefficient (Wildman–Crippen LogP) is 10.8. The minimum absolute atomic E-state index is 0.0959. The van der Waals surface area contributed by atoms with E-state index in [1.807, 2.05) is 0 Å². The topological polar surface area (TPSA) is 192 Å². The second-order valence-corrected chi connectivity index (χ2v) is 18.3. The second kappa shape index (κ2) is 41.0. The fourth-order valence-electron chi connectivity index (χ4n) is 7.18. The summed E-state index contributed by atoms with van der Waals surface area (Å²) in [5.41, 5.74) is 0. The number of aliphatic hydroxyl groups excluding tert-OH is 5. The van der Waals surface area contributed by atoms with Crippen LogP contribution in [0.2, 0.25) is 0 Å². The smallest absolute Gasteiger partial charge is 0.457 e. The number of phosphoric ester groups is 1. The Kier molecular flexibility index (Phi) is 38.3. The zero-order valence-corrected chi connectivity index (χ0v) is 40.5. The fraction of sp³-hybridized carbons (Fsp3) is 0.745. The highest BCUT2D eigenvalue weighted by Gasteiger charge is 2.51. The Morgan fingerprint density at radius 3 is 1.38 bits per heavy atom. The van der Waals surface area contributed by atoms with Crippen molar-refractivity contribution in [1.29, 1.82) is 0 Å². The maximum atomic E-state index is 12.8. The van der Waals surface area contributed by atoms with E-state index in [4.69, 9.17) is 18.5 Å². The molecule has 1 rings (SSSR count). The molecule has 0 spiro atoms. The van der Waals surface area contributed by atoms with Crippen LogP contribution in [0.1, 0.15) is 181 Å². The van der Waals surface area contributed by atoms with Crippen LogP contribution in [0, 0.1) is 0 Å². The number of carbonyl (C=O) groups excluding carboxylic acids is 1. The summed E-state index contributed by atoms with van der Waals surface area (Å²) in [5.74, 6) is -0.519. The van der Waals surface area contributed by atoms with Gasteiger partial charge in [0.25, 0.3) is 0 Å². The molecule has 6 atom stereocenters. The van der Waals surface area contributed by atoms with Crippen molar-refractivity contribution in [1.82, 2.24) is 0 Å². The van der Waals surface area contributed by atoms with Crippen molar-refractivity contribution in [2.24, 2.45) is 0 Å². The van der Waals surface area contributed by atoms with Crippen LogP contribution in [0.25, 0.3) is 0 Å². The highest BCUT2D eigenvalue weighted by atomic mass is 31.2. The van der Waals surface area contributed by atoms with Crippen LogP contribution >= 0.6 is 7.82 Å². The van der Waals surface area contributed by atoms with Gasteiger partial charge in [0.1, 0.15) is 42.7 Å². The van der Waals surface area contributed by atoms with Crippen molar-refractivity contribution < 1.29 is 58.3 Å². The summed E-state index contributed by atoms with van der Waals surface area (Å²) < 4.78 is 34.2. The third kappa shape index (κ3) is 32.5. The van der Waals surface area contributed by atoms with E-state index in [9.17, 15) is 39.8 Å². The molecule has 0 aromatic rings. The number of hydrogen-bond donors (Lipinski definition) is 6. The van der Waals surface area contributed by atoms with Crippen molar-refractivity contribution in [3.8, 4) is 0 Å². The Labute approximate surface area is 387 Å². The Hall–Kier alpha value is -2.22. The molecule has 6 N–H and O–H groups in total. The Morgan fingerprint density at radius 1 is 0.516 bits per heavy atom. The Balaban J connectivity index is 2.41. The summed E-state index contributed by atoms with van der Waals surface area (Å²) in [4.78, 5) is 23.2. The van der Waals surface area contributed by atoms with Gasteiger partial charge >= 0.3 is 13.8 Å². The van der Waals surface area contributed by atoms with E-state index in [1.54, 1.807) is 0 Å². The first kappa shape index (κ1) is 59.8. The summed E-state index contributed by atoms with van der Waals surface area (Å²) in [5, 5.41) is 50.3. The summed E-state index contributed by atoms with van der Waals surface area (Å²) >= 11 is 0. The first-order valence-electron chi connectivity index (χ1n) is 24.8. The number of aliphatic hydroxyl groups is 5. The highest BCUT2D eigenvalue weighted by Crippen LogP contribution is 2.47. The SMILES string of the molecule is CC/C=C\C/C=C\C/C=C\C/C=C\C/C=C\C/C=C\CCCCC(=O)OC(COCCCCCCCCCCCCCCCCCC)COP(=O)(O)OC1C(O)C(O)C(O)C(O)C1O. The van der Waals surface area contributed by atoms with Gasteiger partial charge in [0, 0.05) is 13.0 Å². The lowest BCUT2D eigenvalue weighted by Crippen LogP contribution is -2.64. The summed E-state index contributed by atoms with van der Waals surface area (Å²) in [7, 11) is -5.04. The molecule has 0 radical (unpaired) electrons. The van der Waals surface area contributed by atoms with Gasteiger partial charge in [-0.15, -0.1) is 0 Å². The molecule has 1 aliphatic carbocycles. The van der Waals surface area contributed by atoms with Crippen molar-refractivity contribution in [2.45, 2.75) is 224 Å². The molecule has 1 fully saturated rings. The van der Waals surface area contributed by atoms with E-state index >= 15 is 0 Å². The first-order valence-corrected chi connectivity index (χ1v) is 26.3. The number of esters is 1. The third-order valence-electron chi connectivity index (χ3n) is 11.1. The summed E-state index contributed by atoms with van der Waals surface area (Å²) in [6.07, 6.45) is 41.1. The number of rotatable bonds is 41. The molecule has 0 aromatic carbocycles. The molecule has 1 saturated carbocycles. The average molecular weight is 925 g/mol. The minimum atomic E-state index is -5.04. The lowest BCUT2D eigenvalue weighted by Gasteiger charge is -2.41. The van der Waals surface area contributed by atoms with Crippen LogP contribution in [0.15, 0.2) is 72.9 Å². The first-order chi connectivity index (χ1) is 31.0. The molecule has 1 aliphatic rings. The highest BCUT2D eigenvalue weighted by molar-refractivity contribution is 7.47. The zero-order valence-electron chi connectivity index (χ0n) is 39.6. The number of carbonyl (C=O) groups is 1. The van der Waals surface area contributed by atoms with Crippen molar-refractivity contribution >= 4 is 13.8 Å². The van der Waals surface area contributed by atoms with Crippen LogP contribution in [-0.2, 0) is 27.9 Å². The van der Waals surface area contributed by atoms with Gasteiger partial charge in [-0.1, -0.05) is 183 Å². The van der Waals surface area contributed by atoms with E-state index in [0.29, 0.717) is 13.0 Å². The molecular formula is C51H89O12P. The second-order valence-electron chi connectivity index (χ2n) is 16.9. The molecular weight excluding hydrogens is 836 g/mol. The van der Waals surface area contributed by atoms with E-state index in [0.717, 1.165) is 70.6 Å². The maximum absolute atomic E-state index is 12.8. The number of phosphoric acid groups is 1. The summed E-state index contributed by atoms with van der Waals surface area (Å²) in [6, 6.07) is 0. The lowest BCUT2D eigenvalue weighted by atomic mass is 9.85. The van der Waals surface area contributed by atoms with Gasteiger partial charge in [0.2, 0.25) is 0 Å². The monoisotopic (exact) mass is 925 g/mol. The van der Waals surface area contributed by atoms with Crippen LogP contribution in [0.5, 0.6) is 0 Å². The molecule has 0 aromatic heterocycles. The minimum Gasteiger partial charge on any atom is -0.457 e. The molecule has 370 valence electrons. The van der Waals surface area contributed by atoms with Crippen LogP contribution in [0.4, 0.5) is 0 Å². The van der Waals surface area contributed by atoms with Crippen molar-refractivity contribution in [3.63, 3.8) is 0 Å². The Bertz CT molecular complexity index is 1330. The van der Waals surface area contributed by atoms with E-state index in [-0.39, 0.29) is 13.0 Å². The van der Waals surface area contributed by atoms with Gasteiger partial charge in [0.15, 0.2) is 0 Å². The van der Waals surface area contributed by atoms with Gasteiger partial charge in [-0.25, -0.2) is 4.57 Å². The third-order valence-corrected chi connectivity index (χ3v) is 12.1. The number of hydrogen-bond acceptors (Lipinski definition) is 11. The number of ether oxygens (including phenoxy) is 2.